The zero-order chi connectivity index (χ0) is 12.2. The van der Waals surface area contributed by atoms with Crippen LogP contribution in [0.3, 0.4) is 0 Å². The number of hydrogen-bond acceptors (Lipinski definition) is 3. The summed E-state index contributed by atoms with van der Waals surface area (Å²) in [7, 11) is 0. The molecule has 3 aromatic rings. The summed E-state index contributed by atoms with van der Waals surface area (Å²) in [6.45, 7) is 0. The predicted molar refractivity (Wildman–Crippen MR) is 74.6 cm³/mol. The van der Waals surface area contributed by atoms with Crippen molar-refractivity contribution in [3.63, 3.8) is 0 Å². The van der Waals surface area contributed by atoms with Crippen molar-refractivity contribution in [2.45, 2.75) is 6.42 Å². The summed E-state index contributed by atoms with van der Waals surface area (Å²) in [5.41, 5.74) is 2.43. The predicted octanol–water partition coefficient (Wildman–Crippen LogP) is 3.80. The van der Waals surface area contributed by atoms with Crippen molar-refractivity contribution in [2.75, 3.05) is 0 Å². The van der Waals surface area contributed by atoms with E-state index in [4.69, 9.17) is 0 Å². The number of rotatable bonds is 3. The van der Waals surface area contributed by atoms with Crippen molar-refractivity contribution in [3.05, 3.63) is 71.6 Å². The highest BCUT2D eigenvalue weighted by Gasteiger charge is 2.03. The fourth-order valence-corrected chi connectivity index (χ4v) is 2.87. The fraction of sp³-hybridized carbons (Fsp3) is 0.0667. The van der Waals surface area contributed by atoms with Crippen molar-refractivity contribution >= 4 is 11.3 Å². The van der Waals surface area contributed by atoms with E-state index < -0.39 is 0 Å². The lowest BCUT2D eigenvalue weighted by Crippen LogP contribution is -1.82. The maximum absolute atomic E-state index is 4.05. The maximum Gasteiger partial charge on any atom is 0.115 e. The smallest absolute Gasteiger partial charge is 0.115 e. The third-order valence-electron chi connectivity index (χ3n) is 2.73. The highest BCUT2D eigenvalue weighted by molar-refractivity contribution is 7.15. The van der Waals surface area contributed by atoms with Crippen LogP contribution in [0.25, 0.3) is 10.4 Å². The molecule has 0 aliphatic rings. The molecule has 0 aliphatic carbocycles. The highest BCUT2D eigenvalue weighted by atomic mass is 32.1. The number of nitrogens with zero attached hydrogens (tertiary/aromatic N) is 2. The molecule has 0 bridgehead atoms. The largest absolute Gasteiger partial charge is 0.244 e. The highest BCUT2D eigenvalue weighted by Crippen LogP contribution is 2.28. The molecule has 1 aromatic carbocycles. The number of aromatic nitrogens is 2. The van der Waals surface area contributed by atoms with Gasteiger partial charge < -0.3 is 0 Å². The summed E-state index contributed by atoms with van der Waals surface area (Å²) in [4.78, 5) is 10.7. The van der Waals surface area contributed by atoms with Crippen LogP contribution in [0.4, 0.5) is 0 Å². The Kier molecular flexibility index (Phi) is 3.15. The number of thiophene rings is 1. The Balaban J connectivity index is 1.82. The van der Waals surface area contributed by atoms with E-state index in [0.717, 1.165) is 12.0 Å². The molecule has 0 N–H and O–H groups in total. The average molecular weight is 252 g/mol. The second-order valence-corrected chi connectivity index (χ2v) is 5.22. The van der Waals surface area contributed by atoms with E-state index in [1.807, 2.05) is 18.5 Å². The fourth-order valence-electron chi connectivity index (χ4n) is 1.85. The van der Waals surface area contributed by atoms with Crippen LogP contribution in [0.2, 0.25) is 0 Å². The third kappa shape index (κ3) is 2.46. The summed E-state index contributed by atoms with van der Waals surface area (Å²) in [5.74, 6) is 0. The van der Waals surface area contributed by atoms with Crippen LogP contribution >= 0.6 is 11.3 Å². The quantitative estimate of drug-likeness (QED) is 0.708. The molecule has 18 heavy (non-hydrogen) atoms. The Hall–Kier alpha value is -2.00. The van der Waals surface area contributed by atoms with Crippen molar-refractivity contribution in [1.82, 2.24) is 9.97 Å². The van der Waals surface area contributed by atoms with Gasteiger partial charge in [-0.25, -0.2) is 9.97 Å². The van der Waals surface area contributed by atoms with Gasteiger partial charge in [-0.2, -0.15) is 0 Å². The first-order chi connectivity index (χ1) is 8.92. The van der Waals surface area contributed by atoms with Crippen LogP contribution in [0.1, 0.15) is 10.4 Å². The first kappa shape index (κ1) is 11.1. The third-order valence-corrected chi connectivity index (χ3v) is 3.86. The van der Waals surface area contributed by atoms with E-state index in [0.29, 0.717) is 0 Å². The summed E-state index contributed by atoms with van der Waals surface area (Å²) in [5, 5.41) is 0. The van der Waals surface area contributed by atoms with Crippen molar-refractivity contribution in [3.8, 4) is 10.4 Å². The molecule has 0 unspecified atom stereocenters. The van der Waals surface area contributed by atoms with Gasteiger partial charge in [0.25, 0.3) is 0 Å². The monoisotopic (exact) mass is 252 g/mol. The first-order valence-electron chi connectivity index (χ1n) is 5.80. The molecule has 3 heteroatoms. The van der Waals surface area contributed by atoms with Gasteiger partial charge in [0.1, 0.15) is 6.33 Å². The normalized spacial score (nSPS) is 10.4. The summed E-state index contributed by atoms with van der Waals surface area (Å²) in [6, 6.07) is 14.8. The molecule has 0 atom stereocenters. The molecule has 2 aromatic heterocycles. The minimum Gasteiger partial charge on any atom is -0.244 e. The zero-order valence-corrected chi connectivity index (χ0v) is 10.6. The van der Waals surface area contributed by atoms with Crippen LogP contribution in [0.5, 0.6) is 0 Å². The van der Waals surface area contributed by atoms with E-state index >= 15 is 0 Å². The van der Waals surface area contributed by atoms with Gasteiger partial charge in [-0.05, 0) is 17.7 Å². The maximum atomic E-state index is 4.05. The molecule has 88 valence electrons. The summed E-state index contributed by atoms with van der Waals surface area (Å²) in [6.07, 6.45) is 6.25. The number of benzene rings is 1. The molecule has 0 amide bonds. The molecular formula is C15H12N2S. The van der Waals surface area contributed by atoms with E-state index in [1.54, 1.807) is 17.7 Å². The lowest BCUT2D eigenvalue weighted by Gasteiger charge is -1.97. The van der Waals surface area contributed by atoms with Crippen LogP contribution in [0.15, 0.2) is 61.2 Å². The van der Waals surface area contributed by atoms with Gasteiger partial charge in [0.2, 0.25) is 0 Å². The molecule has 0 saturated carbocycles. The molecular weight excluding hydrogens is 240 g/mol. The van der Waals surface area contributed by atoms with E-state index in [1.165, 1.54) is 15.3 Å². The van der Waals surface area contributed by atoms with Crippen molar-refractivity contribution in [1.29, 1.82) is 0 Å². The molecule has 3 rings (SSSR count). The van der Waals surface area contributed by atoms with Gasteiger partial charge >= 0.3 is 0 Å². The minimum absolute atomic E-state index is 0.985. The molecule has 0 aliphatic heterocycles. The van der Waals surface area contributed by atoms with Crippen LogP contribution in [-0.2, 0) is 6.42 Å². The molecule has 0 radical (unpaired) electrons. The lowest BCUT2D eigenvalue weighted by molar-refractivity contribution is 1.17. The summed E-state index contributed by atoms with van der Waals surface area (Å²) < 4.78 is 0. The Labute approximate surface area is 110 Å². The van der Waals surface area contributed by atoms with E-state index in [2.05, 4.69) is 46.4 Å². The summed E-state index contributed by atoms with van der Waals surface area (Å²) >= 11 is 1.80. The standard InChI is InChI=1S/C15H12N2S/c1-2-4-12(5-3-1)8-14-6-7-15(18-14)13-9-16-11-17-10-13/h1-7,9-11H,8H2. The second-order valence-electron chi connectivity index (χ2n) is 4.06. The Bertz CT molecular complexity index is 617. The zero-order valence-electron chi connectivity index (χ0n) is 9.78. The van der Waals surface area contributed by atoms with E-state index in [9.17, 15) is 0 Å². The molecule has 2 heterocycles. The van der Waals surface area contributed by atoms with Gasteiger partial charge in [-0.3, -0.25) is 0 Å². The topological polar surface area (TPSA) is 25.8 Å². The van der Waals surface area contributed by atoms with Crippen LogP contribution in [0, 0.1) is 0 Å². The molecule has 2 nitrogen and oxygen atoms in total. The van der Waals surface area contributed by atoms with Gasteiger partial charge in [-0.1, -0.05) is 30.3 Å². The van der Waals surface area contributed by atoms with Gasteiger partial charge in [0.15, 0.2) is 0 Å². The Morgan fingerprint density at radius 3 is 2.44 bits per heavy atom. The Morgan fingerprint density at radius 2 is 1.67 bits per heavy atom. The van der Waals surface area contributed by atoms with Crippen molar-refractivity contribution < 1.29 is 0 Å². The number of hydrogen-bond donors (Lipinski definition) is 0. The average Bonchev–Trinajstić information content (AvgIpc) is 2.89. The minimum atomic E-state index is 0.985. The molecule has 0 saturated heterocycles. The van der Waals surface area contributed by atoms with E-state index in [-0.39, 0.29) is 0 Å². The lowest BCUT2D eigenvalue weighted by atomic mass is 10.1. The van der Waals surface area contributed by atoms with Gasteiger partial charge in [0.05, 0.1) is 0 Å². The Morgan fingerprint density at radius 1 is 0.889 bits per heavy atom. The van der Waals surface area contributed by atoms with Gasteiger partial charge in [0, 0.05) is 34.1 Å². The van der Waals surface area contributed by atoms with Crippen molar-refractivity contribution in [2.24, 2.45) is 0 Å². The van der Waals surface area contributed by atoms with Crippen LogP contribution < -0.4 is 0 Å². The van der Waals surface area contributed by atoms with Crippen LogP contribution in [-0.4, -0.2) is 9.97 Å². The second kappa shape index (κ2) is 5.10. The SMILES string of the molecule is c1ccc(Cc2ccc(-c3cncnc3)s2)cc1. The first-order valence-corrected chi connectivity index (χ1v) is 6.61. The molecule has 0 fully saturated rings. The van der Waals surface area contributed by atoms with Gasteiger partial charge in [-0.15, -0.1) is 11.3 Å². The molecule has 0 spiro atoms.